The Morgan fingerprint density at radius 2 is 1.65 bits per heavy atom. The van der Waals surface area contributed by atoms with Crippen LogP contribution in [0.5, 0.6) is 0 Å². The fourth-order valence-corrected chi connectivity index (χ4v) is 2.03. The van der Waals surface area contributed by atoms with E-state index in [1.807, 2.05) is 26.0 Å². The monoisotopic (exact) mass is 282 g/mol. The molecular formula is C17H30O3. The minimum absolute atomic E-state index is 0.0730. The zero-order valence-corrected chi connectivity index (χ0v) is 13.4. The fraction of sp³-hybridized carbons (Fsp3) is 0.706. The molecule has 0 fully saturated rings. The van der Waals surface area contributed by atoms with Crippen molar-refractivity contribution in [1.29, 1.82) is 0 Å². The lowest BCUT2D eigenvalue weighted by atomic mass is 9.98. The third-order valence-corrected chi connectivity index (χ3v) is 3.12. The van der Waals surface area contributed by atoms with Gasteiger partial charge in [0.05, 0.1) is 7.11 Å². The lowest BCUT2D eigenvalue weighted by molar-refractivity contribution is 0.0482. The van der Waals surface area contributed by atoms with Crippen molar-refractivity contribution in [3.05, 3.63) is 24.3 Å². The molecule has 0 spiro atoms. The Labute approximate surface area is 124 Å². The normalized spacial score (nSPS) is 23.6. The summed E-state index contributed by atoms with van der Waals surface area (Å²) < 4.78 is 9.25. The van der Waals surface area contributed by atoms with Gasteiger partial charge in [0.25, 0.3) is 0 Å². The van der Waals surface area contributed by atoms with Crippen molar-refractivity contribution in [1.82, 2.24) is 0 Å². The highest BCUT2D eigenvalue weighted by Crippen LogP contribution is 2.15. The van der Waals surface area contributed by atoms with E-state index in [0.29, 0.717) is 0 Å². The average molecular weight is 282 g/mol. The molecule has 0 amide bonds. The van der Waals surface area contributed by atoms with E-state index in [1.54, 1.807) is 0 Å². The number of hydrogen-bond acceptors (Lipinski definition) is 3. The van der Waals surface area contributed by atoms with E-state index in [1.165, 1.54) is 26.4 Å². The molecule has 2 rings (SSSR count). The van der Waals surface area contributed by atoms with E-state index in [-0.39, 0.29) is 6.10 Å². The maximum Gasteiger partial charge on any atom is 0.508 e. The molecule has 20 heavy (non-hydrogen) atoms. The second kappa shape index (κ2) is 12.8. The van der Waals surface area contributed by atoms with Crippen LogP contribution in [-0.2, 0) is 9.47 Å². The molecule has 0 aliphatic heterocycles. The lowest BCUT2D eigenvalue weighted by Gasteiger charge is -2.15. The van der Waals surface area contributed by atoms with Crippen LogP contribution in [0.25, 0.3) is 0 Å². The number of rotatable bonds is 1. The van der Waals surface area contributed by atoms with Crippen LogP contribution in [0.2, 0.25) is 0 Å². The Bertz CT molecular complexity index is 295. The molecule has 0 aromatic rings. The predicted molar refractivity (Wildman–Crippen MR) is 83.8 cm³/mol. The Morgan fingerprint density at radius 1 is 1.05 bits per heavy atom. The van der Waals surface area contributed by atoms with Crippen LogP contribution in [0.1, 0.15) is 59.3 Å². The molecule has 0 saturated heterocycles. The molecule has 0 saturated carbocycles. The fourth-order valence-electron chi connectivity index (χ4n) is 2.03. The van der Waals surface area contributed by atoms with Crippen LogP contribution < -0.4 is 0 Å². The molecule has 0 aromatic heterocycles. The topological polar surface area (TPSA) is 35.5 Å². The molecule has 2 aliphatic carbocycles. The first-order valence-electron chi connectivity index (χ1n) is 7.80. The van der Waals surface area contributed by atoms with Gasteiger partial charge in [0.15, 0.2) is 0 Å². The molecule has 0 aromatic carbocycles. The van der Waals surface area contributed by atoms with Crippen molar-refractivity contribution in [3.8, 4) is 0 Å². The number of ether oxygens (including phenoxy) is 2. The Kier molecular flexibility index (Phi) is 12.0. The van der Waals surface area contributed by atoms with Gasteiger partial charge in [-0.25, -0.2) is 4.79 Å². The van der Waals surface area contributed by atoms with Crippen molar-refractivity contribution in [3.63, 3.8) is 0 Å². The van der Waals surface area contributed by atoms with Crippen molar-refractivity contribution >= 4 is 6.16 Å². The van der Waals surface area contributed by atoms with E-state index in [0.717, 1.165) is 25.2 Å². The summed E-state index contributed by atoms with van der Waals surface area (Å²) in [4.78, 5) is 10.6. The molecule has 2 atom stereocenters. The number of carbonyl (C=O) groups is 1. The predicted octanol–water partition coefficient (Wildman–Crippen LogP) is 5.27. The van der Waals surface area contributed by atoms with Crippen LogP contribution in [-0.4, -0.2) is 19.4 Å². The van der Waals surface area contributed by atoms with Gasteiger partial charge in [-0.1, -0.05) is 39.0 Å². The minimum Gasteiger partial charge on any atom is -0.438 e. The summed E-state index contributed by atoms with van der Waals surface area (Å²) in [5.41, 5.74) is 0. The summed E-state index contributed by atoms with van der Waals surface area (Å²) in [6.07, 6.45) is 15.0. The van der Waals surface area contributed by atoms with E-state index in [4.69, 9.17) is 4.74 Å². The number of carbonyl (C=O) groups excluding carboxylic acids is 1. The molecule has 3 nitrogen and oxygen atoms in total. The summed E-state index contributed by atoms with van der Waals surface area (Å²) in [7, 11) is 1.31. The van der Waals surface area contributed by atoms with Crippen LogP contribution in [0, 0.1) is 5.92 Å². The standard InChI is InChI=1S/C8H12O3.C7H12.C2H6/c1-10-8(9)11-7-5-3-2-4-6-7;1-7-5-3-2-4-6-7;1-2/h3,5,7H,2,4,6H2,1H3;3,5,7H,2,4,6H2,1H3;1-2H3. The summed E-state index contributed by atoms with van der Waals surface area (Å²) in [6.45, 7) is 6.27. The Balaban J connectivity index is 0.000000345. The minimum atomic E-state index is -0.596. The summed E-state index contributed by atoms with van der Waals surface area (Å²) >= 11 is 0. The van der Waals surface area contributed by atoms with Crippen LogP contribution >= 0.6 is 0 Å². The van der Waals surface area contributed by atoms with Gasteiger partial charge in [-0.15, -0.1) is 0 Å². The van der Waals surface area contributed by atoms with Crippen molar-refractivity contribution in [2.75, 3.05) is 7.11 Å². The first-order valence-corrected chi connectivity index (χ1v) is 7.80. The number of hydrogen-bond donors (Lipinski definition) is 0. The van der Waals surface area contributed by atoms with E-state index in [2.05, 4.69) is 23.8 Å². The summed E-state index contributed by atoms with van der Waals surface area (Å²) in [5, 5.41) is 0. The largest absolute Gasteiger partial charge is 0.508 e. The third-order valence-electron chi connectivity index (χ3n) is 3.12. The quantitative estimate of drug-likeness (QED) is 0.485. The maximum atomic E-state index is 10.6. The average Bonchev–Trinajstić information content (AvgIpc) is 2.51. The van der Waals surface area contributed by atoms with Gasteiger partial charge in [0, 0.05) is 0 Å². The number of methoxy groups -OCH3 is 1. The molecule has 0 bridgehead atoms. The van der Waals surface area contributed by atoms with Crippen molar-refractivity contribution in [2.24, 2.45) is 5.92 Å². The van der Waals surface area contributed by atoms with Gasteiger partial charge in [-0.2, -0.15) is 0 Å². The van der Waals surface area contributed by atoms with Crippen molar-refractivity contribution < 1.29 is 14.3 Å². The molecular weight excluding hydrogens is 252 g/mol. The Hall–Kier alpha value is -1.25. The maximum absolute atomic E-state index is 10.6. The van der Waals surface area contributed by atoms with E-state index >= 15 is 0 Å². The summed E-state index contributed by atoms with van der Waals surface area (Å²) in [6, 6.07) is 0. The molecule has 2 aliphatic rings. The lowest BCUT2D eigenvalue weighted by Crippen LogP contribution is -2.17. The van der Waals surface area contributed by atoms with Crippen LogP contribution in [0.3, 0.4) is 0 Å². The Morgan fingerprint density at radius 3 is 2.00 bits per heavy atom. The van der Waals surface area contributed by atoms with E-state index in [9.17, 15) is 4.79 Å². The van der Waals surface area contributed by atoms with Gasteiger partial charge in [-0.3, -0.25) is 0 Å². The van der Waals surface area contributed by atoms with Gasteiger partial charge in [0.2, 0.25) is 0 Å². The molecule has 2 unspecified atom stereocenters. The first-order chi connectivity index (χ1) is 9.72. The zero-order valence-electron chi connectivity index (χ0n) is 13.4. The highest BCUT2D eigenvalue weighted by atomic mass is 16.7. The molecule has 0 heterocycles. The van der Waals surface area contributed by atoms with Gasteiger partial charge in [0.1, 0.15) is 6.10 Å². The molecule has 3 heteroatoms. The number of allylic oxidation sites excluding steroid dienone is 3. The molecule has 0 N–H and O–H groups in total. The highest BCUT2D eigenvalue weighted by Gasteiger charge is 2.12. The second-order valence-corrected chi connectivity index (χ2v) is 4.81. The SMILES string of the molecule is CC.CC1C=CCCC1.COC(=O)OC1C=CCCC1. The zero-order chi connectivity index (χ0) is 15.2. The smallest absolute Gasteiger partial charge is 0.438 e. The van der Waals surface area contributed by atoms with Gasteiger partial charge < -0.3 is 9.47 Å². The highest BCUT2D eigenvalue weighted by molar-refractivity contribution is 5.60. The van der Waals surface area contributed by atoms with Crippen LogP contribution in [0.4, 0.5) is 4.79 Å². The van der Waals surface area contributed by atoms with Crippen LogP contribution in [0.15, 0.2) is 24.3 Å². The molecule has 116 valence electrons. The first kappa shape index (κ1) is 18.8. The van der Waals surface area contributed by atoms with Gasteiger partial charge >= 0.3 is 6.16 Å². The molecule has 0 radical (unpaired) electrons. The third kappa shape index (κ3) is 9.65. The van der Waals surface area contributed by atoms with E-state index < -0.39 is 6.16 Å². The second-order valence-electron chi connectivity index (χ2n) is 4.81. The van der Waals surface area contributed by atoms with Crippen molar-refractivity contribution in [2.45, 2.75) is 65.4 Å². The van der Waals surface area contributed by atoms with Gasteiger partial charge in [-0.05, 0) is 50.5 Å². The summed E-state index contributed by atoms with van der Waals surface area (Å²) in [5.74, 6) is 0.855.